The zero-order valence-electron chi connectivity index (χ0n) is 14.6. The Bertz CT molecular complexity index is 1050. The fraction of sp³-hybridized carbons (Fsp3) is 0.0476. The highest BCUT2D eigenvalue weighted by molar-refractivity contribution is 6.34. The Morgan fingerprint density at radius 1 is 1.04 bits per heavy atom. The number of hydrogen-bond acceptors (Lipinski definition) is 3. The maximum absolute atomic E-state index is 14.6. The van der Waals surface area contributed by atoms with Gasteiger partial charge in [0.1, 0.15) is 5.82 Å². The third kappa shape index (κ3) is 4.02. The normalized spacial score (nSPS) is 10.4. The minimum atomic E-state index is -0.902. The number of carbonyl (C=O) groups is 2. The Morgan fingerprint density at radius 2 is 1.79 bits per heavy atom. The van der Waals surface area contributed by atoms with Crippen molar-refractivity contribution < 1.29 is 23.1 Å². The quantitative estimate of drug-likeness (QED) is 0.584. The van der Waals surface area contributed by atoms with Crippen molar-refractivity contribution in [2.45, 2.75) is 6.92 Å². The Balaban J connectivity index is 1.94. The third-order valence-corrected chi connectivity index (χ3v) is 4.31. The van der Waals surface area contributed by atoms with E-state index in [4.69, 9.17) is 11.6 Å². The van der Waals surface area contributed by atoms with Gasteiger partial charge < -0.3 is 10.1 Å². The Morgan fingerprint density at radius 3 is 2.46 bits per heavy atom. The first-order valence-corrected chi connectivity index (χ1v) is 8.54. The molecule has 0 aliphatic heterocycles. The van der Waals surface area contributed by atoms with E-state index in [-0.39, 0.29) is 22.7 Å². The van der Waals surface area contributed by atoms with E-state index < -0.39 is 23.3 Å². The molecule has 3 aromatic rings. The lowest BCUT2D eigenvalue weighted by Crippen LogP contribution is -2.15. The summed E-state index contributed by atoms with van der Waals surface area (Å²) in [4.78, 5) is 23.0. The van der Waals surface area contributed by atoms with Crippen LogP contribution >= 0.6 is 11.6 Å². The first kappa shape index (κ1) is 19.5. The van der Waals surface area contributed by atoms with Crippen molar-refractivity contribution in [2.75, 3.05) is 5.32 Å². The van der Waals surface area contributed by atoms with Crippen LogP contribution in [0.1, 0.15) is 15.9 Å². The van der Waals surface area contributed by atoms with Gasteiger partial charge in [-0.25, -0.2) is 8.78 Å². The van der Waals surface area contributed by atoms with Gasteiger partial charge in [0, 0.05) is 0 Å². The fourth-order valence-corrected chi connectivity index (χ4v) is 2.98. The lowest BCUT2D eigenvalue weighted by atomic mass is 10.0. The summed E-state index contributed by atoms with van der Waals surface area (Å²) in [6.07, 6.45) is 0. The Labute approximate surface area is 164 Å². The molecule has 0 bridgehead atoms. The maximum Gasteiger partial charge on any atom is 0.298 e. The lowest BCUT2D eigenvalue weighted by Gasteiger charge is -2.13. The van der Waals surface area contributed by atoms with Gasteiger partial charge in [0.05, 0.1) is 16.3 Å². The number of carbonyl (C=O) groups excluding carboxylic acids is 2. The molecule has 1 N–H and O–H groups in total. The Hall–Kier alpha value is -3.25. The smallest absolute Gasteiger partial charge is 0.298 e. The number of ether oxygens (including phenoxy) is 1. The van der Waals surface area contributed by atoms with Crippen molar-refractivity contribution in [2.24, 2.45) is 0 Å². The molecule has 28 heavy (non-hydrogen) atoms. The molecule has 0 saturated heterocycles. The second-order valence-electron chi connectivity index (χ2n) is 5.97. The first-order chi connectivity index (χ1) is 13.4. The number of rotatable bonds is 5. The summed E-state index contributed by atoms with van der Waals surface area (Å²) in [7, 11) is 0. The predicted molar refractivity (Wildman–Crippen MR) is 103 cm³/mol. The SMILES string of the molecule is Cc1cccc(-c2cc(F)c(NC(=O)c3cccc(F)c3OC=O)c(Cl)c2)c1. The van der Waals surface area contributed by atoms with Gasteiger partial charge in [-0.05, 0) is 42.3 Å². The van der Waals surface area contributed by atoms with Crippen LogP contribution in [-0.4, -0.2) is 12.4 Å². The van der Waals surface area contributed by atoms with Gasteiger partial charge in [-0.1, -0.05) is 47.5 Å². The van der Waals surface area contributed by atoms with Crippen molar-refractivity contribution >= 4 is 29.7 Å². The molecule has 0 unspecified atom stereocenters. The summed E-state index contributed by atoms with van der Waals surface area (Å²) >= 11 is 6.17. The van der Waals surface area contributed by atoms with Crippen LogP contribution < -0.4 is 10.1 Å². The van der Waals surface area contributed by atoms with Crippen molar-refractivity contribution in [3.63, 3.8) is 0 Å². The van der Waals surface area contributed by atoms with Crippen molar-refractivity contribution in [1.29, 1.82) is 0 Å². The number of benzene rings is 3. The van der Waals surface area contributed by atoms with E-state index in [1.165, 1.54) is 24.3 Å². The van der Waals surface area contributed by atoms with E-state index in [0.29, 0.717) is 5.56 Å². The average Bonchev–Trinajstić information content (AvgIpc) is 2.66. The van der Waals surface area contributed by atoms with Crippen LogP contribution in [0.5, 0.6) is 5.75 Å². The largest absolute Gasteiger partial charge is 0.425 e. The standard InChI is InChI=1S/C21H14ClF2NO3/c1-12-4-2-5-13(8-12)14-9-16(22)19(18(24)10-14)25-21(27)15-6-3-7-17(23)20(15)28-11-26/h2-11H,1H3,(H,25,27). The number of para-hydroxylation sites is 1. The van der Waals surface area contributed by atoms with Crippen LogP contribution in [0.15, 0.2) is 54.6 Å². The third-order valence-electron chi connectivity index (χ3n) is 4.01. The van der Waals surface area contributed by atoms with Gasteiger partial charge >= 0.3 is 0 Å². The average molecular weight is 402 g/mol. The zero-order valence-corrected chi connectivity index (χ0v) is 15.4. The number of amides is 1. The van der Waals surface area contributed by atoms with Gasteiger partial charge in [0.2, 0.25) is 0 Å². The highest BCUT2D eigenvalue weighted by atomic mass is 35.5. The van der Waals surface area contributed by atoms with Crippen LogP contribution in [0.3, 0.4) is 0 Å². The summed E-state index contributed by atoms with van der Waals surface area (Å²) in [5.41, 5.74) is 1.78. The van der Waals surface area contributed by atoms with Gasteiger partial charge in [-0.3, -0.25) is 9.59 Å². The summed E-state index contributed by atoms with van der Waals surface area (Å²) in [5, 5.41) is 2.27. The minimum Gasteiger partial charge on any atom is -0.425 e. The Kier molecular flexibility index (Phi) is 5.70. The second-order valence-corrected chi connectivity index (χ2v) is 6.38. The highest BCUT2D eigenvalue weighted by Gasteiger charge is 2.20. The molecule has 0 saturated carbocycles. The van der Waals surface area contributed by atoms with Crippen LogP contribution in [0.4, 0.5) is 14.5 Å². The second kappa shape index (κ2) is 8.19. The van der Waals surface area contributed by atoms with Crippen LogP contribution in [-0.2, 0) is 4.79 Å². The molecular weight excluding hydrogens is 388 g/mol. The molecule has 1 amide bonds. The molecule has 0 aromatic heterocycles. The van der Waals surface area contributed by atoms with Crippen LogP contribution in [0.25, 0.3) is 11.1 Å². The predicted octanol–water partition coefficient (Wildman–Crippen LogP) is 5.38. The number of halogens is 3. The molecule has 0 fully saturated rings. The van der Waals surface area contributed by atoms with Gasteiger partial charge in [-0.2, -0.15) is 0 Å². The van der Waals surface area contributed by atoms with Gasteiger partial charge in [0.15, 0.2) is 11.6 Å². The van der Waals surface area contributed by atoms with E-state index >= 15 is 0 Å². The van der Waals surface area contributed by atoms with E-state index in [0.717, 1.165) is 17.2 Å². The molecule has 0 heterocycles. The molecule has 4 nitrogen and oxygen atoms in total. The monoisotopic (exact) mass is 401 g/mol. The maximum atomic E-state index is 14.6. The molecule has 3 rings (SSSR count). The first-order valence-electron chi connectivity index (χ1n) is 8.17. The molecule has 142 valence electrons. The van der Waals surface area contributed by atoms with Crippen molar-refractivity contribution in [1.82, 2.24) is 0 Å². The molecule has 0 aliphatic carbocycles. The van der Waals surface area contributed by atoms with Crippen molar-refractivity contribution in [3.05, 3.63) is 82.4 Å². The van der Waals surface area contributed by atoms with Gasteiger partial charge in [-0.15, -0.1) is 0 Å². The molecule has 0 aliphatic rings. The zero-order chi connectivity index (χ0) is 20.3. The van der Waals surface area contributed by atoms with E-state index in [1.54, 1.807) is 0 Å². The molecule has 0 radical (unpaired) electrons. The number of aryl methyl sites for hydroxylation is 1. The molecule has 3 aromatic carbocycles. The number of nitrogens with one attached hydrogen (secondary N) is 1. The van der Waals surface area contributed by atoms with Crippen LogP contribution in [0, 0.1) is 18.6 Å². The van der Waals surface area contributed by atoms with E-state index in [1.807, 2.05) is 31.2 Å². The molecular formula is C21H14ClF2NO3. The van der Waals surface area contributed by atoms with E-state index in [9.17, 15) is 18.4 Å². The summed E-state index contributed by atoms with van der Waals surface area (Å²) in [6, 6.07) is 13.7. The molecule has 7 heteroatoms. The summed E-state index contributed by atoms with van der Waals surface area (Å²) < 4.78 is 33.0. The number of anilines is 1. The van der Waals surface area contributed by atoms with Crippen molar-refractivity contribution in [3.8, 4) is 16.9 Å². The molecule has 0 atom stereocenters. The van der Waals surface area contributed by atoms with Gasteiger partial charge in [0.25, 0.3) is 12.4 Å². The topological polar surface area (TPSA) is 55.4 Å². The molecule has 0 spiro atoms. The highest BCUT2D eigenvalue weighted by Crippen LogP contribution is 2.33. The van der Waals surface area contributed by atoms with E-state index in [2.05, 4.69) is 10.1 Å². The minimum absolute atomic E-state index is 0.000598. The number of hydrogen-bond donors (Lipinski definition) is 1. The van der Waals surface area contributed by atoms with Crippen LogP contribution in [0.2, 0.25) is 5.02 Å². The summed E-state index contributed by atoms with van der Waals surface area (Å²) in [6.45, 7) is 1.91. The lowest BCUT2D eigenvalue weighted by molar-refractivity contribution is -0.120. The fourth-order valence-electron chi connectivity index (χ4n) is 2.72. The summed E-state index contributed by atoms with van der Waals surface area (Å²) in [5.74, 6) is -3.09.